The minimum absolute atomic E-state index is 0.0533. The number of benzene rings is 8. The predicted molar refractivity (Wildman–Crippen MR) is 263 cm³/mol. The summed E-state index contributed by atoms with van der Waals surface area (Å²) in [6, 6.07) is 43.3. The maximum absolute atomic E-state index is 14.7. The number of Topliss-reactive ketones (excluding diaryl/α,β-unsaturated/α-hetero) is 1. The van der Waals surface area contributed by atoms with Crippen molar-refractivity contribution in [3.63, 3.8) is 0 Å². The molecule has 2 atom stereocenters. The van der Waals surface area contributed by atoms with E-state index in [1.54, 1.807) is 0 Å². The maximum Gasteiger partial charge on any atom is 0.322 e. The van der Waals surface area contributed by atoms with Crippen LogP contribution in [0.4, 0.5) is 13.2 Å². The number of ether oxygens (including phenoxy) is 2. The van der Waals surface area contributed by atoms with Crippen molar-refractivity contribution in [2.45, 2.75) is 95.8 Å². The number of hydrogen-bond acceptors (Lipinski definition) is 5. The van der Waals surface area contributed by atoms with Gasteiger partial charge in [-0.3, -0.25) is 14.6 Å². The smallest absolute Gasteiger partial charge is 0.322 e. The fourth-order valence-corrected chi connectivity index (χ4v) is 10.3. The summed E-state index contributed by atoms with van der Waals surface area (Å²) in [5.41, 5.74) is 5.02. The second-order valence-corrected chi connectivity index (χ2v) is 18.2. The summed E-state index contributed by atoms with van der Waals surface area (Å²) in [4.78, 5) is 31.2. The molecule has 8 aromatic carbocycles. The number of nitrogens with zero attached hydrogens (tertiary/aromatic N) is 1. The highest BCUT2D eigenvalue weighted by Crippen LogP contribution is 2.58. The Hall–Kier alpha value is -6.80. The molecule has 0 N–H and O–H groups in total. The van der Waals surface area contributed by atoms with Gasteiger partial charge in [-0.1, -0.05) is 155 Å². The second kappa shape index (κ2) is 19.2. The summed E-state index contributed by atoms with van der Waals surface area (Å²) in [6.07, 6.45) is 11.5. The first kappa shape index (κ1) is 44.1. The van der Waals surface area contributed by atoms with Crippen LogP contribution in [-0.2, 0) is 16.1 Å². The van der Waals surface area contributed by atoms with Crippen molar-refractivity contribution in [2.75, 3.05) is 0 Å². The number of carbonyl (C=O) groups excluding carboxylic acids is 2. The molecule has 8 aromatic rings. The van der Waals surface area contributed by atoms with Crippen molar-refractivity contribution in [2.24, 2.45) is 10.9 Å². The summed E-state index contributed by atoms with van der Waals surface area (Å²) in [6.45, 7) is 2.05. The number of ketones is 1. The van der Waals surface area contributed by atoms with Crippen LogP contribution in [0.15, 0.2) is 138 Å². The van der Waals surface area contributed by atoms with E-state index in [0.29, 0.717) is 23.4 Å². The molecule has 0 radical (unpaired) electrons. The van der Waals surface area contributed by atoms with Crippen LogP contribution in [0.3, 0.4) is 0 Å². The number of carbonyl (C=O) groups is 2. The number of rotatable bonds is 18. The van der Waals surface area contributed by atoms with Gasteiger partial charge in [-0.05, 0) is 115 Å². The van der Waals surface area contributed by atoms with Gasteiger partial charge in [-0.25, -0.2) is 13.2 Å². The summed E-state index contributed by atoms with van der Waals surface area (Å²) in [5, 5.41) is 9.79. The minimum Gasteiger partial charge on any atom is -0.489 e. The van der Waals surface area contributed by atoms with E-state index in [1.807, 2.05) is 24.3 Å². The first-order valence-electron chi connectivity index (χ1n) is 23.8. The Balaban J connectivity index is 1.00. The van der Waals surface area contributed by atoms with Gasteiger partial charge in [0, 0.05) is 24.2 Å². The van der Waals surface area contributed by atoms with Gasteiger partial charge in [0.15, 0.2) is 23.3 Å². The third-order valence-electron chi connectivity index (χ3n) is 13.7. The van der Waals surface area contributed by atoms with Crippen molar-refractivity contribution in [3.8, 4) is 16.9 Å². The van der Waals surface area contributed by atoms with Crippen molar-refractivity contribution >= 4 is 61.1 Å². The first-order valence-corrected chi connectivity index (χ1v) is 23.8. The van der Waals surface area contributed by atoms with Gasteiger partial charge < -0.3 is 9.47 Å². The number of halogens is 3. The fourth-order valence-electron chi connectivity index (χ4n) is 10.3. The minimum atomic E-state index is -1.63. The van der Waals surface area contributed by atoms with Gasteiger partial charge in [0.1, 0.15) is 24.3 Å². The van der Waals surface area contributed by atoms with Crippen molar-refractivity contribution in [1.82, 2.24) is 0 Å². The van der Waals surface area contributed by atoms with Crippen LogP contribution in [0, 0.1) is 23.4 Å². The third-order valence-corrected chi connectivity index (χ3v) is 13.7. The molecule has 5 nitrogen and oxygen atoms in total. The molecule has 2 aliphatic carbocycles. The topological polar surface area (TPSA) is 65.0 Å². The summed E-state index contributed by atoms with van der Waals surface area (Å²) >= 11 is 0. The summed E-state index contributed by atoms with van der Waals surface area (Å²) in [5.74, 6) is -7.19. The Labute approximate surface area is 388 Å². The maximum atomic E-state index is 14.7. The number of hydrogen-bond donors (Lipinski definition) is 0. The summed E-state index contributed by atoms with van der Waals surface area (Å²) < 4.78 is 55.5. The average Bonchev–Trinajstić information content (AvgIpc) is 4.12. The van der Waals surface area contributed by atoms with Gasteiger partial charge in [-0.2, -0.15) is 0 Å². The Morgan fingerprint density at radius 2 is 1.10 bits per heavy atom. The van der Waals surface area contributed by atoms with Crippen LogP contribution in [-0.4, -0.2) is 30.1 Å². The Bertz CT molecular complexity index is 3070. The van der Waals surface area contributed by atoms with E-state index in [1.165, 1.54) is 97.4 Å². The molecule has 2 unspecified atom stereocenters. The average molecular weight is 896 g/mol. The highest BCUT2D eigenvalue weighted by Gasteiger charge is 2.41. The SMILES string of the molecule is CCCCCCCCCC(Oc1ccc(COC(=O)C(C=NC2CC2)C(=O)c2cc(F)c(F)cc2F)cc1)C1c2c(c3ccccc3c3ccccc23)-c2c1c1ccccc1c1ccccc21. The molecule has 1 fully saturated rings. The zero-order chi connectivity index (χ0) is 46.0. The molecule has 338 valence electrons. The van der Waals surface area contributed by atoms with Crippen molar-refractivity contribution < 1.29 is 32.2 Å². The molecule has 0 spiro atoms. The van der Waals surface area contributed by atoms with Gasteiger partial charge >= 0.3 is 5.97 Å². The van der Waals surface area contributed by atoms with Crippen molar-refractivity contribution in [3.05, 3.63) is 173 Å². The lowest BCUT2D eigenvalue weighted by Gasteiger charge is -2.29. The van der Waals surface area contributed by atoms with E-state index in [0.717, 1.165) is 38.3 Å². The van der Waals surface area contributed by atoms with E-state index in [4.69, 9.17) is 9.47 Å². The zero-order valence-electron chi connectivity index (χ0n) is 37.6. The number of fused-ring (bicyclic) bond motifs is 13. The van der Waals surface area contributed by atoms with Crippen LogP contribution >= 0.6 is 0 Å². The molecular weight excluding hydrogens is 844 g/mol. The van der Waals surface area contributed by atoms with E-state index in [-0.39, 0.29) is 24.7 Å². The molecule has 10 rings (SSSR count). The molecule has 0 bridgehead atoms. The molecule has 0 saturated heterocycles. The second-order valence-electron chi connectivity index (χ2n) is 18.2. The number of esters is 1. The third kappa shape index (κ3) is 8.70. The first-order chi connectivity index (χ1) is 32.8. The lowest BCUT2D eigenvalue weighted by Crippen LogP contribution is -2.28. The quantitative estimate of drug-likeness (QED) is 0.0164. The monoisotopic (exact) mass is 895 g/mol. The van der Waals surface area contributed by atoms with Crippen molar-refractivity contribution in [1.29, 1.82) is 0 Å². The molecule has 0 heterocycles. The van der Waals surface area contributed by atoms with Crippen LogP contribution in [0.5, 0.6) is 5.75 Å². The number of unbranched alkanes of at least 4 members (excludes halogenated alkanes) is 6. The summed E-state index contributed by atoms with van der Waals surface area (Å²) in [7, 11) is 0. The van der Waals surface area contributed by atoms with E-state index in [9.17, 15) is 22.8 Å². The largest absolute Gasteiger partial charge is 0.489 e. The van der Waals surface area contributed by atoms with E-state index >= 15 is 0 Å². The lowest BCUT2D eigenvalue weighted by atomic mass is 9.82. The van der Waals surface area contributed by atoms with Crippen LogP contribution in [0.25, 0.3) is 54.2 Å². The Morgan fingerprint density at radius 3 is 1.66 bits per heavy atom. The van der Waals surface area contributed by atoms with Crippen LogP contribution < -0.4 is 4.74 Å². The molecule has 1 saturated carbocycles. The normalized spacial score (nSPS) is 14.5. The highest BCUT2D eigenvalue weighted by atomic mass is 19.2. The Morgan fingerprint density at radius 1 is 0.612 bits per heavy atom. The highest BCUT2D eigenvalue weighted by molar-refractivity contribution is 6.25. The van der Waals surface area contributed by atoms with Crippen LogP contribution in [0.1, 0.15) is 104 Å². The van der Waals surface area contributed by atoms with Gasteiger partial charge in [0.2, 0.25) is 0 Å². The number of aliphatic imine (C=N–C) groups is 1. The lowest BCUT2D eigenvalue weighted by molar-refractivity contribution is -0.145. The molecule has 67 heavy (non-hydrogen) atoms. The van der Waals surface area contributed by atoms with Gasteiger partial charge in [0.25, 0.3) is 0 Å². The predicted octanol–water partition coefficient (Wildman–Crippen LogP) is 15.2. The van der Waals surface area contributed by atoms with Gasteiger partial charge in [0.05, 0.1) is 5.56 Å². The molecule has 2 aliphatic rings. The van der Waals surface area contributed by atoms with E-state index < -0.39 is 40.7 Å². The van der Waals surface area contributed by atoms with Crippen LogP contribution in [0.2, 0.25) is 0 Å². The fraction of sp³-hybridized carbons (Fsp3) is 0.271. The molecule has 8 heteroatoms. The standard InChI is InChI=1S/C59H52F3NO4/c1-2-3-4-5-6-7-8-25-52(67-38-30-26-36(27-31-38)35-66-59(65)48(34-63-37-28-29-37)58(64)47-32-50(61)51(62)33-49(47)60)57-55-45-23-15-11-19-41(45)39-17-9-13-21-43(39)53(55)54-44-22-14-10-18-40(44)42-20-12-16-24-46(42)56(54)57/h9-24,26-27,30-34,37,48,52,57H,2-8,25,28-29,35H2,1H3. The molecule has 0 amide bonds. The molecule has 0 aromatic heterocycles. The zero-order valence-corrected chi connectivity index (χ0v) is 37.6. The molecule has 0 aliphatic heterocycles. The van der Waals surface area contributed by atoms with E-state index in [2.05, 4.69) is 109 Å². The Kier molecular flexibility index (Phi) is 12.6. The molecular formula is C59H52F3NO4. The van der Waals surface area contributed by atoms with Gasteiger partial charge in [-0.15, -0.1) is 0 Å².